The van der Waals surface area contributed by atoms with E-state index in [1.807, 2.05) is 0 Å². The number of rotatable bonds is 8. The minimum Gasteiger partial charge on any atom is -0.383 e. The fraction of sp³-hybridized carbons (Fsp3) is 0.250. The zero-order valence-corrected chi connectivity index (χ0v) is 16.9. The molecular formula is C20H21N5O6. The van der Waals surface area contributed by atoms with Gasteiger partial charge in [-0.2, -0.15) is 0 Å². The second-order valence-corrected chi connectivity index (χ2v) is 6.98. The molecule has 1 fully saturated rings. The zero-order chi connectivity index (χ0) is 22.6. The molecule has 0 aliphatic carbocycles. The third-order valence-corrected chi connectivity index (χ3v) is 4.82. The smallest absolute Gasteiger partial charge is 0.322 e. The molecule has 1 unspecified atom stereocenters. The molecule has 2 aromatic rings. The maximum absolute atomic E-state index is 12.7. The molecule has 4 N–H and O–H groups in total. The van der Waals surface area contributed by atoms with Crippen molar-refractivity contribution in [2.75, 3.05) is 30.9 Å². The van der Waals surface area contributed by atoms with Crippen LogP contribution in [0.4, 0.5) is 21.9 Å². The van der Waals surface area contributed by atoms with Crippen LogP contribution in [0.3, 0.4) is 0 Å². The van der Waals surface area contributed by atoms with Crippen molar-refractivity contribution in [3.63, 3.8) is 0 Å². The van der Waals surface area contributed by atoms with E-state index >= 15 is 0 Å². The molecule has 1 atom stereocenters. The Balaban J connectivity index is 1.80. The Bertz CT molecular complexity index is 1060. The van der Waals surface area contributed by atoms with Gasteiger partial charge >= 0.3 is 6.03 Å². The van der Waals surface area contributed by atoms with Crippen LogP contribution in [0.25, 0.3) is 0 Å². The Morgan fingerprint density at radius 2 is 2.00 bits per heavy atom. The van der Waals surface area contributed by atoms with Gasteiger partial charge in [-0.15, -0.1) is 0 Å². The summed E-state index contributed by atoms with van der Waals surface area (Å²) >= 11 is 0. The summed E-state index contributed by atoms with van der Waals surface area (Å²) in [6.07, 6.45) is 0. The lowest BCUT2D eigenvalue weighted by Crippen LogP contribution is -2.40. The van der Waals surface area contributed by atoms with Gasteiger partial charge in [0.1, 0.15) is 11.2 Å². The highest BCUT2D eigenvalue weighted by molar-refractivity contribution is 6.08. The zero-order valence-electron chi connectivity index (χ0n) is 16.9. The molecule has 0 bridgehead atoms. The number of nitro groups is 1. The van der Waals surface area contributed by atoms with Crippen molar-refractivity contribution in [3.05, 3.63) is 63.7 Å². The van der Waals surface area contributed by atoms with Crippen LogP contribution in [-0.2, 0) is 15.1 Å². The second kappa shape index (κ2) is 8.79. The molecule has 0 saturated carbocycles. The number of benzene rings is 2. The van der Waals surface area contributed by atoms with Crippen LogP contribution < -0.4 is 21.3 Å². The molecule has 2 aromatic carbocycles. The first-order valence-corrected chi connectivity index (χ1v) is 9.31. The highest BCUT2D eigenvalue weighted by Crippen LogP contribution is 2.28. The summed E-state index contributed by atoms with van der Waals surface area (Å²) in [5.41, 5.74) is -0.314. The summed E-state index contributed by atoms with van der Waals surface area (Å²) in [5.74, 6) is -1.07. The van der Waals surface area contributed by atoms with Crippen LogP contribution in [0, 0.1) is 10.1 Å². The number of nitrogens with one attached hydrogen (secondary N) is 4. The van der Waals surface area contributed by atoms with Crippen LogP contribution in [0.2, 0.25) is 0 Å². The van der Waals surface area contributed by atoms with Gasteiger partial charge in [-0.1, -0.05) is 12.1 Å². The number of methoxy groups -OCH3 is 1. The molecule has 31 heavy (non-hydrogen) atoms. The van der Waals surface area contributed by atoms with Gasteiger partial charge in [-0.3, -0.25) is 25.0 Å². The maximum Gasteiger partial charge on any atom is 0.322 e. The Kier molecular flexibility index (Phi) is 6.16. The number of hydrogen-bond acceptors (Lipinski definition) is 7. The molecular weight excluding hydrogens is 406 g/mol. The highest BCUT2D eigenvalue weighted by atomic mass is 16.6. The standard InChI is InChI=1S/C20H21N5O6/c1-20(18(27)23-19(28)24-20)13-4-3-5-14(11-13)22-17(26)12-6-7-15(21-8-9-31-2)16(10-12)25(29)30/h3-7,10-11,21H,8-9H2,1-2H3,(H,22,26)(H2,23,24,27,28). The van der Waals surface area contributed by atoms with Gasteiger partial charge in [0.2, 0.25) is 0 Å². The predicted molar refractivity (Wildman–Crippen MR) is 112 cm³/mol. The van der Waals surface area contributed by atoms with Crippen molar-refractivity contribution < 1.29 is 24.0 Å². The van der Waals surface area contributed by atoms with E-state index in [4.69, 9.17) is 4.74 Å². The average molecular weight is 427 g/mol. The van der Waals surface area contributed by atoms with Crippen LogP contribution in [0.5, 0.6) is 0 Å². The predicted octanol–water partition coefficient (Wildman–Crippen LogP) is 1.96. The molecule has 1 saturated heterocycles. The van der Waals surface area contributed by atoms with Gasteiger partial charge in [0, 0.05) is 31.0 Å². The van der Waals surface area contributed by atoms with Crippen LogP contribution in [0.15, 0.2) is 42.5 Å². The first-order valence-electron chi connectivity index (χ1n) is 9.31. The third-order valence-electron chi connectivity index (χ3n) is 4.82. The molecule has 162 valence electrons. The van der Waals surface area contributed by atoms with Gasteiger partial charge in [-0.25, -0.2) is 4.79 Å². The van der Waals surface area contributed by atoms with Gasteiger partial charge in [0.05, 0.1) is 11.5 Å². The molecule has 3 rings (SSSR count). The summed E-state index contributed by atoms with van der Waals surface area (Å²) in [4.78, 5) is 47.1. The van der Waals surface area contributed by atoms with E-state index in [0.717, 1.165) is 0 Å². The number of carbonyl (C=O) groups is 3. The van der Waals surface area contributed by atoms with E-state index < -0.39 is 28.3 Å². The molecule has 1 aliphatic rings. The number of nitrogens with zero attached hydrogens (tertiary/aromatic N) is 1. The summed E-state index contributed by atoms with van der Waals surface area (Å²) in [6, 6.07) is 9.93. The van der Waals surface area contributed by atoms with Gasteiger partial charge in [0.15, 0.2) is 0 Å². The van der Waals surface area contributed by atoms with E-state index in [1.165, 1.54) is 25.3 Å². The molecule has 4 amide bonds. The SMILES string of the molecule is COCCNc1ccc(C(=O)Nc2cccc(C3(C)NC(=O)NC3=O)c2)cc1[N+](=O)[O-]. The first kappa shape index (κ1) is 21.7. The van der Waals surface area contributed by atoms with Crippen molar-refractivity contribution >= 4 is 34.9 Å². The number of urea groups is 1. The maximum atomic E-state index is 12.7. The summed E-state index contributed by atoms with van der Waals surface area (Å²) < 4.78 is 4.91. The number of carbonyl (C=O) groups excluding carboxylic acids is 3. The van der Waals surface area contributed by atoms with Crippen molar-refractivity contribution in [1.82, 2.24) is 10.6 Å². The number of anilines is 2. The van der Waals surface area contributed by atoms with Crippen molar-refractivity contribution in [2.24, 2.45) is 0 Å². The number of amides is 4. The molecule has 0 radical (unpaired) electrons. The normalized spacial score (nSPS) is 17.6. The van der Waals surface area contributed by atoms with Crippen LogP contribution >= 0.6 is 0 Å². The third kappa shape index (κ3) is 4.61. The second-order valence-electron chi connectivity index (χ2n) is 6.98. The fourth-order valence-electron chi connectivity index (χ4n) is 3.12. The Labute approximate surface area is 177 Å². The summed E-state index contributed by atoms with van der Waals surface area (Å²) in [7, 11) is 1.52. The fourth-order valence-corrected chi connectivity index (χ4v) is 3.12. The lowest BCUT2D eigenvalue weighted by atomic mass is 9.92. The Hall–Kier alpha value is -3.99. The molecule has 1 aliphatic heterocycles. The monoisotopic (exact) mass is 427 g/mol. The minimum absolute atomic E-state index is 0.0903. The Morgan fingerprint density at radius 1 is 1.23 bits per heavy atom. The van der Waals surface area contributed by atoms with Crippen LogP contribution in [0.1, 0.15) is 22.8 Å². The van der Waals surface area contributed by atoms with E-state index in [0.29, 0.717) is 24.4 Å². The van der Waals surface area contributed by atoms with E-state index in [9.17, 15) is 24.5 Å². The number of nitro benzene ring substituents is 1. The van der Waals surface area contributed by atoms with Crippen molar-refractivity contribution in [2.45, 2.75) is 12.5 Å². The minimum atomic E-state index is -1.27. The quantitative estimate of drug-likeness (QED) is 0.217. The lowest BCUT2D eigenvalue weighted by Gasteiger charge is -2.21. The number of imide groups is 1. The van der Waals surface area contributed by atoms with Crippen molar-refractivity contribution in [3.8, 4) is 0 Å². The highest BCUT2D eigenvalue weighted by Gasteiger charge is 2.43. The summed E-state index contributed by atoms with van der Waals surface area (Å²) in [5, 5.41) is 21.7. The van der Waals surface area contributed by atoms with E-state index in [-0.39, 0.29) is 16.9 Å². The molecule has 0 aromatic heterocycles. The lowest BCUT2D eigenvalue weighted by molar-refractivity contribution is -0.384. The topological polar surface area (TPSA) is 152 Å². The summed E-state index contributed by atoms with van der Waals surface area (Å²) in [6.45, 7) is 2.29. The van der Waals surface area contributed by atoms with E-state index in [2.05, 4.69) is 21.3 Å². The Morgan fingerprint density at radius 3 is 2.65 bits per heavy atom. The van der Waals surface area contributed by atoms with Gasteiger partial charge in [-0.05, 0) is 36.8 Å². The van der Waals surface area contributed by atoms with Crippen LogP contribution in [-0.4, -0.2) is 43.0 Å². The van der Waals surface area contributed by atoms with E-state index in [1.54, 1.807) is 31.2 Å². The average Bonchev–Trinajstić information content (AvgIpc) is 3.00. The van der Waals surface area contributed by atoms with Gasteiger partial charge < -0.3 is 20.7 Å². The van der Waals surface area contributed by atoms with Gasteiger partial charge in [0.25, 0.3) is 17.5 Å². The molecule has 0 spiro atoms. The van der Waals surface area contributed by atoms with Crippen molar-refractivity contribution in [1.29, 1.82) is 0 Å². The number of ether oxygens (including phenoxy) is 1. The first-order chi connectivity index (χ1) is 14.7. The molecule has 11 nitrogen and oxygen atoms in total. The molecule has 1 heterocycles. The number of hydrogen-bond donors (Lipinski definition) is 4. The molecule has 11 heteroatoms. The largest absolute Gasteiger partial charge is 0.383 e.